The van der Waals surface area contributed by atoms with Crippen LogP contribution in [-0.2, 0) is 20.7 Å². The fourth-order valence-electron chi connectivity index (χ4n) is 5.21. The second kappa shape index (κ2) is 8.44. The second-order valence-corrected chi connectivity index (χ2v) is 9.80. The Labute approximate surface area is 183 Å². The second-order valence-electron chi connectivity index (χ2n) is 9.80. The molecule has 1 aliphatic heterocycles. The highest BCUT2D eigenvalue weighted by Gasteiger charge is 2.56. The Morgan fingerprint density at radius 3 is 2.42 bits per heavy atom. The fraction of sp³-hybridized carbons (Fsp3) is 0.583. The molecule has 1 heterocycles. The van der Waals surface area contributed by atoms with Gasteiger partial charge in [0.2, 0.25) is 5.78 Å². The molecule has 0 aromatic heterocycles. The van der Waals surface area contributed by atoms with Gasteiger partial charge < -0.3 is 10.1 Å². The van der Waals surface area contributed by atoms with E-state index >= 15 is 0 Å². The maximum atomic E-state index is 13.1. The number of ketones is 1. The first-order chi connectivity index (χ1) is 14.5. The van der Waals surface area contributed by atoms with Crippen LogP contribution in [0.5, 0.6) is 0 Å². The SMILES string of the molecule is CCc1ccc(C(=O)[C@@H](C)OC(=O)CN2C(=O)N[C@@]3(C[C@H](C)CC(C)(C)C3)C2=O)cc1. The van der Waals surface area contributed by atoms with E-state index in [1.54, 1.807) is 12.1 Å². The number of ether oxygens (including phenoxy) is 1. The summed E-state index contributed by atoms with van der Waals surface area (Å²) in [5.74, 6) is -1.22. The summed E-state index contributed by atoms with van der Waals surface area (Å²) in [5, 5.41) is 2.84. The molecule has 1 N–H and O–H groups in total. The van der Waals surface area contributed by atoms with Crippen LogP contribution in [0.15, 0.2) is 24.3 Å². The third-order valence-corrected chi connectivity index (χ3v) is 6.24. The van der Waals surface area contributed by atoms with Crippen molar-refractivity contribution in [3.63, 3.8) is 0 Å². The number of esters is 1. The number of rotatable bonds is 6. The molecule has 2 fully saturated rings. The lowest BCUT2D eigenvalue weighted by molar-refractivity contribution is -0.150. The maximum Gasteiger partial charge on any atom is 0.326 e. The van der Waals surface area contributed by atoms with Crippen LogP contribution in [0, 0.1) is 11.3 Å². The molecule has 3 rings (SSSR count). The van der Waals surface area contributed by atoms with Crippen LogP contribution in [0.25, 0.3) is 0 Å². The van der Waals surface area contributed by atoms with E-state index in [9.17, 15) is 19.2 Å². The van der Waals surface area contributed by atoms with E-state index in [2.05, 4.69) is 26.1 Å². The first-order valence-corrected chi connectivity index (χ1v) is 10.9. The third-order valence-electron chi connectivity index (χ3n) is 6.24. The minimum atomic E-state index is -1.01. The average molecular weight is 429 g/mol. The first-order valence-electron chi connectivity index (χ1n) is 10.9. The topological polar surface area (TPSA) is 92.8 Å². The van der Waals surface area contributed by atoms with Crippen molar-refractivity contribution in [3.05, 3.63) is 35.4 Å². The van der Waals surface area contributed by atoms with Gasteiger partial charge in [-0.1, -0.05) is 52.0 Å². The van der Waals surface area contributed by atoms with Crippen LogP contribution in [0.4, 0.5) is 4.79 Å². The van der Waals surface area contributed by atoms with Gasteiger partial charge in [-0.2, -0.15) is 0 Å². The van der Waals surface area contributed by atoms with Gasteiger partial charge in [0, 0.05) is 5.56 Å². The van der Waals surface area contributed by atoms with E-state index in [0.29, 0.717) is 18.4 Å². The number of hydrogen-bond donors (Lipinski definition) is 1. The van der Waals surface area contributed by atoms with Gasteiger partial charge >= 0.3 is 12.0 Å². The number of nitrogens with zero attached hydrogens (tertiary/aromatic N) is 1. The number of carbonyl (C=O) groups excluding carboxylic acids is 4. The molecule has 7 heteroatoms. The Hall–Kier alpha value is -2.70. The van der Waals surface area contributed by atoms with Crippen LogP contribution in [0.1, 0.15) is 69.8 Å². The number of amides is 3. The van der Waals surface area contributed by atoms with Crippen molar-refractivity contribution in [2.45, 2.75) is 71.9 Å². The fourth-order valence-corrected chi connectivity index (χ4v) is 5.21. The maximum absolute atomic E-state index is 13.1. The molecule has 2 aliphatic rings. The van der Waals surface area contributed by atoms with Crippen LogP contribution in [-0.4, -0.2) is 46.8 Å². The van der Waals surface area contributed by atoms with E-state index in [-0.39, 0.29) is 23.0 Å². The Kier molecular flexibility index (Phi) is 6.25. The van der Waals surface area contributed by atoms with Gasteiger partial charge in [-0.25, -0.2) is 4.79 Å². The minimum absolute atomic E-state index is 0.0919. The molecule has 7 nitrogen and oxygen atoms in total. The quantitative estimate of drug-likeness (QED) is 0.425. The lowest BCUT2D eigenvalue weighted by atomic mass is 9.64. The van der Waals surface area contributed by atoms with E-state index in [1.807, 2.05) is 19.1 Å². The Morgan fingerprint density at radius 1 is 1.19 bits per heavy atom. The summed E-state index contributed by atoms with van der Waals surface area (Å²) in [6.07, 6.45) is 1.91. The molecule has 1 spiro atoms. The number of imide groups is 1. The van der Waals surface area contributed by atoms with Crippen molar-refractivity contribution in [1.29, 1.82) is 0 Å². The molecule has 1 aromatic rings. The summed E-state index contributed by atoms with van der Waals surface area (Å²) < 4.78 is 5.26. The summed E-state index contributed by atoms with van der Waals surface area (Å²) in [6.45, 7) is 9.25. The number of benzene rings is 1. The van der Waals surface area contributed by atoms with Crippen LogP contribution in [0.3, 0.4) is 0 Å². The van der Waals surface area contributed by atoms with Gasteiger partial charge in [0.25, 0.3) is 5.91 Å². The zero-order valence-electron chi connectivity index (χ0n) is 19.0. The predicted octanol–water partition coefficient (Wildman–Crippen LogP) is 3.50. The van der Waals surface area contributed by atoms with Crippen LogP contribution >= 0.6 is 0 Å². The summed E-state index contributed by atoms with van der Waals surface area (Å²) in [6, 6.07) is 6.56. The number of Topliss-reactive ketones (excluding diaryl/α,β-unsaturated/α-hetero) is 1. The molecule has 0 bridgehead atoms. The van der Waals surface area contributed by atoms with Gasteiger partial charge in [-0.3, -0.25) is 19.3 Å². The zero-order valence-corrected chi connectivity index (χ0v) is 19.0. The molecule has 0 radical (unpaired) electrons. The van der Waals surface area contributed by atoms with Gasteiger partial charge in [-0.05, 0) is 49.5 Å². The Bertz CT molecular complexity index is 892. The summed E-state index contributed by atoms with van der Waals surface area (Å²) in [4.78, 5) is 51.6. The van der Waals surface area contributed by atoms with E-state index in [0.717, 1.165) is 23.3 Å². The molecule has 1 aliphatic carbocycles. The highest BCUT2D eigenvalue weighted by Crippen LogP contribution is 2.46. The Morgan fingerprint density at radius 2 is 1.84 bits per heavy atom. The Balaban J connectivity index is 1.64. The van der Waals surface area contributed by atoms with Crippen molar-refractivity contribution >= 4 is 23.7 Å². The zero-order chi connectivity index (χ0) is 23.0. The molecular formula is C24H32N2O5. The van der Waals surface area contributed by atoms with Gasteiger partial charge in [0.15, 0.2) is 6.10 Å². The molecule has 1 saturated heterocycles. The smallest absolute Gasteiger partial charge is 0.326 e. The van der Waals surface area contributed by atoms with E-state index < -0.39 is 30.2 Å². The largest absolute Gasteiger partial charge is 0.453 e. The normalized spacial score (nSPS) is 26.0. The lowest BCUT2D eigenvalue weighted by Gasteiger charge is -2.43. The predicted molar refractivity (Wildman–Crippen MR) is 115 cm³/mol. The van der Waals surface area contributed by atoms with E-state index in [4.69, 9.17) is 4.74 Å². The number of carbonyl (C=O) groups is 4. The van der Waals surface area contributed by atoms with Crippen molar-refractivity contribution < 1.29 is 23.9 Å². The third kappa shape index (κ3) is 4.81. The van der Waals surface area contributed by atoms with Gasteiger partial charge in [0.05, 0.1) is 0 Å². The van der Waals surface area contributed by atoms with Crippen LogP contribution in [0.2, 0.25) is 0 Å². The summed E-state index contributed by atoms with van der Waals surface area (Å²) in [7, 11) is 0. The van der Waals surface area contributed by atoms with Crippen LogP contribution < -0.4 is 5.32 Å². The number of urea groups is 1. The number of aryl methyl sites for hydroxylation is 1. The van der Waals surface area contributed by atoms with Crippen molar-refractivity contribution in [2.24, 2.45) is 11.3 Å². The van der Waals surface area contributed by atoms with Crippen molar-refractivity contribution in [3.8, 4) is 0 Å². The number of hydrogen-bond acceptors (Lipinski definition) is 5. The van der Waals surface area contributed by atoms with Crippen molar-refractivity contribution in [2.75, 3.05) is 6.54 Å². The highest BCUT2D eigenvalue weighted by molar-refractivity contribution is 6.09. The first kappa shape index (κ1) is 23.0. The number of nitrogens with one attached hydrogen (secondary N) is 1. The highest BCUT2D eigenvalue weighted by atomic mass is 16.5. The average Bonchev–Trinajstić information content (AvgIpc) is 2.89. The lowest BCUT2D eigenvalue weighted by Crippen LogP contribution is -2.54. The molecule has 31 heavy (non-hydrogen) atoms. The van der Waals surface area contributed by atoms with Gasteiger partial charge in [0.1, 0.15) is 12.1 Å². The van der Waals surface area contributed by atoms with E-state index in [1.165, 1.54) is 6.92 Å². The minimum Gasteiger partial charge on any atom is -0.453 e. The molecule has 168 valence electrons. The molecule has 1 aromatic carbocycles. The summed E-state index contributed by atoms with van der Waals surface area (Å²) >= 11 is 0. The summed E-state index contributed by atoms with van der Waals surface area (Å²) in [5.41, 5.74) is 0.491. The molecule has 1 saturated carbocycles. The molecule has 3 atom stereocenters. The molecular weight excluding hydrogens is 396 g/mol. The monoisotopic (exact) mass is 428 g/mol. The van der Waals surface area contributed by atoms with Gasteiger partial charge in [-0.15, -0.1) is 0 Å². The standard InChI is InChI=1S/C24H32N2O5/c1-6-17-7-9-18(10-8-17)20(28)16(3)31-19(27)13-26-21(29)24(25-22(26)30)12-15(2)11-23(4,5)14-24/h7-10,15-16H,6,11-14H2,1-5H3,(H,25,30)/t15-,16-,24-/m1/s1. The molecule has 0 unspecified atom stereocenters. The van der Waals surface area contributed by atoms with Crippen molar-refractivity contribution in [1.82, 2.24) is 10.2 Å². The molecule has 3 amide bonds.